The Morgan fingerprint density at radius 3 is 2.50 bits per heavy atom. The van der Waals surface area contributed by atoms with Crippen LogP contribution in [-0.2, 0) is 6.54 Å². The van der Waals surface area contributed by atoms with Crippen molar-refractivity contribution in [1.29, 1.82) is 0 Å². The first-order valence-electron chi connectivity index (χ1n) is 7.03. The van der Waals surface area contributed by atoms with E-state index in [1.807, 2.05) is 24.3 Å². The van der Waals surface area contributed by atoms with Crippen molar-refractivity contribution in [3.05, 3.63) is 34.9 Å². The first kappa shape index (κ1) is 16.8. The number of benzene rings is 1. The summed E-state index contributed by atoms with van der Waals surface area (Å²) < 4.78 is 0. The lowest BCUT2D eigenvalue weighted by Gasteiger charge is -2.13. The van der Waals surface area contributed by atoms with Crippen molar-refractivity contribution >= 4 is 17.6 Å². The van der Waals surface area contributed by atoms with Crippen molar-refractivity contribution in [1.82, 2.24) is 15.5 Å². The molecule has 0 radical (unpaired) electrons. The molecule has 0 fully saturated rings. The summed E-state index contributed by atoms with van der Waals surface area (Å²) in [5.41, 5.74) is 1.15. The molecule has 20 heavy (non-hydrogen) atoms. The minimum absolute atomic E-state index is 0.653. The van der Waals surface area contributed by atoms with Crippen LogP contribution in [0.3, 0.4) is 0 Å². The van der Waals surface area contributed by atoms with Crippen LogP contribution in [0.5, 0.6) is 0 Å². The van der Waals surface area contributed by atoms with Crippen LogP contribution in [0, 0.1) is 0 Å². The average molecular weight is 297 g/mol. The fourth-order valence-electron chi connectivity index (χ4n) is 1.70. The second-order valence-electron chi connectivity index (χ2n) is 4.91. The molecule has 0 bridgehead atoms. The van der Waals surface area contributed by atoms with E-state index in [0.717, 1.165) is 42.6 Å². The van der Waals surface area contributed by atoms with Crippen LogP contribution in [0.25, 0.3) is 0 Å². The lowest BCUT2D eigenvalue weighted by atomic mass is 10.2. The van der Waals surface area contributed by atoms with Gasteiger partial charge in [0.1, 0.15) is 0 Å². The predicted octanol–water partition coefficient (Wildman–Crippen LogP) is 2.35. The molecule has 0 saturated heterocycles. The maximum absolute atomic E-state index is 5.87. The van der Waals surface area contributed by atoms with E-state index in [0.29, 0.717) is 6.54 Å². The highest BCUT2D eigenvalue weighted by Gasteiger charge is 1.98. The Hall–Kier alpha value is -1.26. The Labute approximate surface area is 127 Å². The van der Waals surface area contributed by atoms with Gasteiger partial charge in [0, 0.05) is 18.1 Å². The Balaban J connectivity index is 2.43. The van der Waals surface area contributed by atoms with Crippen molar-refractivity contribution in [2.75, 3.05) is 33.7 Å². The highest BCUT2D eigenvalue weighted by atomic mass is 35.5. The van der Waals surface area contributed by atoms with Crippen LogP contribution in [0.4, 0.5) is 0 Å². The van der Waals surface area contributed by atoms with Gasteiger partial charge in [-0.05, 0) is 51.7 Å². The fraction of sp³-hybridized carbons (Fsp3) is 0.533. The summed E-state index contributed by atoms with van der Waals surface area (Å²) in [6.07, 6.45) is 1.10. The second kappa shape index (κ2) is 9.61. The van der Waals surface area contributed by atoms with E-state index in [1.54, 1.807) is 0 Å². The maximum atomic E-state index is 5.87. The Morgan fingerprint density at radius 2 is 1.90 bits per heavy atom. The highest BCUT2D eigenvalue weighted by Crippen LogP contribution is 2.09. The average Bonchev–Trinajstić information content (AvgIpc) is 2.42. The van der Waals surface area contributed by atoms with Crippen LogP contribution < -0.4 is 10.6 Å². The van der Waals surface area contributed by atoms with Crippen molar-refractivity contribution in [3.63, 3.8) is 0 Å². The Morgan fingerprint density at radius 1 is 1.20 bits per heavy atom. The van der Waals surface area contributed by atoms with Crippen molar-refractivity contribution in [2.45, 2.75) is 19.9 Å². The zero-order valence-corrected chi connectivity index (χ0v) is 13.4. The molecule has 1 aromatic carbocycles. The minimum Gasteiger partial charge on any atom is -0.357 e. The van der Waals surface area contributed by atoms with Gasteiger partial charge in [0.05, 0.1) is 6.54 Å². The quantitative estimate of drug-likeness (QED) is 0.461. The molecule has 0 aliphatic rings. The second-order valence-corrected chi connectivity index (χ2v) is 5.34. The van der Waals surface area contributed by atoms with Crippen LogP contribution in [0.1, 0.15) is 18.9 Å². The number of hydrogen-bond donors (Lipinski definition) is 2. The smallest absolute Gasteiger partial charge is 0.191 e. The van der Waals surface area contributed by atoms with Gasteiger partial charge in [0.2, 0.25) is 0 Å². The first-order valence-corrected chi connectivity index (χ1v) is 7.41. The molecule has 1 aromatic rings. The molecule has 112 valence electrons. The largest absolute Gasteiger partial charge is 0.357 e. The molecular formula is C15H25ClN4. The van der Waals surface area contributed by atoms with E-state index < -0.39 is 0 Å². The van der Waals surface area contributed by atoms with E-state index in [1.165, 1.54) is 0 Å². The number of halogens is 1. The lowest BCUT2D eigenvalue weighted by molar-refractivity contribution is 0.399. The first-order chi connectivity index (χ1) is 9.61. The number of nitrogens with zero attached hydrogens (tertiary/aromatic N) is 2. The fourth-order valence-corrected chi connectivity index (χ4v) is 1.83. The van der Waals surface area contributed by atoms with E-state index in [-0.39, 0.29) is 0 Å². The normalized spacial score (nSPS) is 11.8. The summed E-state index contributed by atoms with van der Waals surface area (Å²) in [6, 6.07) is 7.79. The summed E-state index contributed by atoms with van der Waals surface area (Å²) in [7, 11) is 4.17. The van der Waals surface area contributed by atoms with Gasteiger partial charge in [-0.1, -0.05) is 23.7 Å². The predicted molar refractivity (Wildman–Crippen MR) is 87.4 cm³/mol. The molecule has 2 N–H and O–H groups in total. The van der Waals surface area contributed by atoms with E-state index >= 15 is 0 Å². The maximum Gasteiger partial charge on any atom is 0.191 e. The summed E-state index contributed by atoms with van der Waals surface area (Å²) in [5.74, 6) is 0.862. The molecule has 5 heteroatoms. The van der Waals surface area contributed by atoms with Crippen LogP contribution in [0.2, 0.25) is 5.02 Å². The topological polar surface area (TPSA) is 39.7 Å². The third kappa shape index (κ3) is 7.36. The zero-order valence-electron chi connectivity index (χ0n) is 12.6. The molecular weight excluding hydrogens is 272 g/mol. The molecule has 1 rings (SSSR count). The van der Waals surface area contributed by atoms with Crippen LogP contribution in [-0.4, -0.2) is 44.6 Å². The van der Waals surface area contributed by atoms with Gasteiger partial charge in [-0.3, -0.25) is 0 Å². The molecule has 0 spiro atoms. The van der Waals surface area contributed by atoms with Crippen molar-refractivity contribution < 1.29 is 0 Å². The van der Waals surface area contributed by atoms with Gasteiger partial charge in [-0.25, -0.2) is 4.99 Å². The zero-order chi connectivity index (χ0) is 14.8. The van der Waals surface area contributed by atoms with Gasteiger partial charge >= 0.3 is 0 Å². The summed E-state index contributed by atoms with van der Waals surface area (Å²) in [4.78, 5) is 6.75. The molecule has 0 saturated carbocycles. The monoisotopic (exact) mass is 296 g/mol. The minimum atomic E-state index is 0.653. The molecule has 0 heterocycles. The molecule has 0 aromatic heterocycles. The van der Waals surface area contributed by atoms with Crippen molar-refractivity contribution in [2.24, 2.45) is 4.99 Å². The Bertz CT molecular complexity index is 401. The van der Waals surface area contributed by atoms with Gasteiger partial charge in [-0.15, -0.1) is 0 Å². The number of guanidine groups is 1. The molecule has 4 nitrogen and oxygen atoms in total. The summed E-state index contributed by atoms with van der Waals surface area (Å²) in [6.45, 7) is 5.58. The molecule has 0 unspecified atom stereocenters. The summed E-state index contributed by atoms with van der Waals surface area (Å²) in [5, 5.41) is 7.35. The number of hydrogen-bond acceptors (Lipinski definition) is 2. The van der Waals surface area contributed by atoms with E-state index in [4.69, 9.17) is 11.6 Å². The lowest BCUT2D eigenvalue weighted by Crippen LogP contribution is -2.38. The summed E-state index contributed by atoms with van der Waals surface area (Å²) >= 11 is 5.87. The van der Waals surface area contributed by atoms with Crippen LogP contribution in [0.15, 0.2) is 29.3 Å². The molecule has 0 amide bonds. The standard InChI is InChI=1S/C15H25ClN4/c1-4-17-15(18-10-5-11-20(2)3)19-12-13-6-8-14(16)9-7-13/h6-9H,4-5,10-12H2,1-3H3,(H2,17,18,19). The van der Waals surface area contributed by atoms with Gasteiger partial charge in [0.25, 0.3) is 0 Å². The van der Waals surface area contributed by atoms with Crippen LogP contribution >= 0.6 is 11.6 Å². The molecule has 0 atom stereocenters. The van der Waals surface area contributed by atoms with Crippen molar-refractivity contribution in [3.8, 4) is 0 Å². The van der Waals surface area contributed by atoms with E-state index in [2.05, 4.69) is 41.5 Å². The molecule has 0 aliphatic heterocycles. The highest BCUT2D eigenvalue weighted by molar-refractivity contribution is 6.30. The van der Waals surface area contributed by atoms with Gasteiger partial charge in [-0.2, -0.15) is 0 Å². The van der Waals surface area contributed by atoms with E-state index in [9.17, 15) is 0 Å². The molecule has 0 aliphatic carbocycles. The number of rotatable bonds is 7. The third-order valence-electron chi connectivity index (χ3n) is 2.75. The number of nitrogens with one attached hydrogen (secondary N) is 2. The number of aliphatic imine (C=N–C) groups is 1. The third-order valence-corrected chi connectivity index (χ3v) is 3.00. The van der Waals surface area contributed by atoms with Gasteiger partial charge < -0.3 is 15.5 Å². The SMILES string of the molecule is CCNC(=NCc1ccc(Cl)cc1)NCCCN(C)C. The Kier molecular flexibility index (Phi) is 8.07. The van der Waals surface area contributed by atoms with Gasteiger partial charge in [0.15, 0.2) is 5.96 Å².